The van der Waals surface area contributed by atoms with Gasteiger partial charge in [-0.1, -0.05) is 33.6 Å². The third kappa shape index (κ3) is 5.22. The van der Waals surface area contributed by atoms with E-state index in [1.54, 1.807) is 12.1 Å². The summed E-state index contributed by atoms with van der Waals surface area (Å²) < 4.78 is 28.6. The summed E-state index contributed by atoms with van der Waals surface area (Å²) in [5.74, 6) is -1.55. The Kier molecular flexibility index (Phi) is 6.64. The van der Waals surface area contributed by atoms with Gasteiger partial charge in [0.25, 0.3) is 10.1 Å². The van der Waals surface area contributed by atoms with Crippen molar-refractivity contribution in [2.24, 2.45) is 5.92 Å². The molecule has 0 amide bonds. The largest absolute Gasteiger partial charge is 0.481 e. The van der Waals surface area contributed by atoms with Gasteiger partial charge in [-0.25, -0.2) is 0 Å². The van der Waals surface area contributed by atoms with Crippen LogP contribution in [-0.2, 0) is 19.1 Å². The van der Waals surface area contributed by atoms with Gasteiger partial charge in [0.1, 0.15) is 0 Å². The lowest BCUT2D eigenvalue weighted by molar-refractivity contribution is -0.142. The van der Waals surface area contributed by atoms with E-state index in [1.807, 2.05) is 6.92 Å². The Bertz CT molecular complexity index is 538. The van der Waals surface area contributed by atoms with E-state index < -0.39 is 22.0 Å². The molecule has 0 aliphatic heterocycles. The molecule has 0 aliphatic rings. The summed E-state index contributed by atoms with van der Waals surface area (Å²) in [6.07, 6.45) is 0.593. The van der Waals surface area contributed by atoms with E-state index in [-0.39, 0.29) is 17.9 Å². The van der Waals surface area contributed by atoms with Crippen molar-refractivity contribution in [3.8, 4) is 0 Å². The van der Waals surface area contributed by atoms with E-state index in [0.29, 0.717) is 11.8 Å². The lowest BCUT2D eigenvalue weighted by Crippen LogP contribution is -2.18. The quantitative estimate of drug-likeness (QED) is 0.566. The van der Waals surface area contributed by atoms with Gasteiger partial charge in [-0.05, 0) is 31.9 Å². The fourth-order valence-corrected chi connectivity index (χ4v) is 3.07. The molecule has 20 heavy (non-hydrogen) atoms. The molecule has 0 spiro atoms. The van der Waals surface area contributed by atoms with E-state index in [1.165, 1.54) is 12.1 Å². The topological polar surface area (TPSA) is 80.7 Å². The maximum absolute atomic E-state index is 11.9. The maximum atomic E-state index is 11.9. The van der Waals surface area contributed by atoms with Crippen molar-refractivity contribution >= 4 is 32.0 Å². The highest BCUT2D eigenvalue weighted by Gasteiger charge is 2.19. The summed E-state index contributed by atoms with van der Waals surface area (Å²) >= 11 is 3.17. The molecule has 0 bridgehead atoms. The Hall–Kier alpha value is -0.920. The zero-order valence-corrected chi connectivity index (χ0v) is 13.5. The molecule has 1 rings (SSSR count). The Morgan fingerprint density at radius 3 is 2.40 bits per heavy atom. The first-order chi connectivity index (χ1) is 9.36. The minimum Gasteiger partial charge on any atom is -0.481 e. The Labute approximate surface area is 127 Å². The predicted molar refractivity (Wildman–Crippen MR) is 78.5 cm³/mol. The highest BCUT2D eigenvalue weighted by molar-refractivity contribution is 9.09. The van der Waals surface area contributed by atoms with E-state index in [4.69, 9.17) is 9.29 Å². The lowest BCUT2D eigenvalue weighted by Gasteiger charge is -2.11. The third-order valence-corrected chi connectivity index (χ3v) is 4.61. The van der Waals surface area contributed by atoms with Gasteiger partial charge in [0, 0.05) is 5.33 Å². The molecule has 0 aliphatic carbocycles. The highest BCUT2D eigenvalue weighted by Crippen LogP contribution is 2.16. The number of benzene rings is 1. The van der Waals surface area contributed by atoms with Gasteiger partial charge in [0.05, 0.1) is 17.4 Å². The van der Waals surface area contributed by atoms with Crippen molar-refractivity contribution < 1.29 is 22.5 Å². The first-order valence-corrected chi connectivity index (χ1v) is 8.64. The number of carboxylic acids is 1. The van der Waals surface area contributed by atoms with Crippen molar-refractivity contribution in [3.05, 3.63) is 29.8 Å². The van der Waals surface area contributed by atoms with Gasteiger partial charge >= 0.3 is 5.97 Å². The van der Waals surface area contributed by atoms with Crippen LogP contribution in [0.5, 0.6) is 0 Å². The van der Waals surface area contributed by atoms with Crippen LogP contribution in [0.1, 0.15) is 18.4 Å². The van der Waals surface area contributed by atoms with Crippen LogP contribution in [0.4, 0.5) is 0 Å². The molecule has 112 valence electrons. The Morgan fingerprint density at radius 1 is 1.30 bits per heavy atom. The van der Waals surface area contributed by atoms with Crippen molar-refractivity contribution in [3.63, 3.8) is 0 Å². The lowest BCUT2D eigenvalue weighted by atomic mass is 10.0. The molecule has 5 nitrogen and oxygen atoms in total. The van der Waals surface area contributed by atoms with Crippen molar-refractivity contribution in [2.75, 3.05) is 11.9 Å². The molecule has 1 atom stereocenters. The molecule has 0 saturated heterocycles. The number of carboxylic acid groups (broad SMARTS) is 1. The monoisotopic (exact) mass is 364 g/mol. The number of halogens is 1. The number of rotatable bonds is 8. The number of alkyl halides is 1. The summed E-state index contributed by atoms with van der Waals surface area (Å²) in [5, 5.41) is 9.51. The Balaban J connectivity index is 2.59. The second kappa shape index (κ2) is 7.75. The SMILES string of the molecule is Cc1ccc(S(=O)(=O)OCCC(CCBr)C(=O)O)cc1. The second-order valence-electron chi connectivity index (χ2n) is 4.39. The number of hydrogen-bond acceptors (Lipinski definition) is 4. The standard InChI is InChI=1S/C13H17BrO5S/c1-10-2-4-12(5-3-10)20(17,18)19-9-7-11(6-8-14)13(15)16/h2-5,11H,6-9H2,1H3,(H,15,16). The number of carbonyl (C=O) groups is 1. The minimum absolute atomic E-state index is 0.0791. The van der Waals surface area contributed by atoms with E-state index >= 15 is 0 Å². The molecule has 1 aromatic carbocycles. The van der Waals surface area contributed by atoms with Gasteiger partial charge < -0.3 is 5.11 Å². The van der Waals surface area contributed by atoms with Crippen LogP contribution >= 0.6 is 15.9 Å². The van der Waals surface area contributed by atoms with Crippen LogP contribution in [0.25, 0.3) is 0 Å². The zero-order valence-electron chi connectivity index (χ0n) is 11.1. The zero-order chi connectivity index (χ0) is 15.2. The summed E-state index contributed by atoms with van der Waals surface area (Å²) in [4.78, 5) is 11.0. The molecule has 1 aromatic rings. The predicted octanol–water partition coefficient (Wildman–Crippen LogP) is 2.58. The molecule has 0 heterocycles. The normalized spacial score (nSPS) is 13.1. The van der Waals surface area contributed by atoms with Crippen LogP contribution in [0, 0.1) is 12.8 Å². The average molecular weight is 365 g/mol. The fraction of sp³-hybridized carbons (Fsp3) is 0.462. The van der Waals surface area contributed by atoms with Gasteiger partial charge in [0.2, 0.25) is 0 Å². The molecule has 0 aromatic heterocycles. The van der Waals surface area contributed by atoms with Crippen LogP contribution in [0.3, 0.4) is 0 Å². The molecule has 7 heteroatoms. The molecular weight excluding hydrogens is 348 g/mol. The second-order valence-corrected chi connectivity index (χ2v) is 6.80. The third-order valence-electron chi connectivity index (χ3n) is 2.82. The van der Waals surface area contributed by atoms with Crippen LogP contribution in [-0.4, -0.2) is 31.4 Å². The molecule has 1 N–H and O–H groups in total. The number of hydrogen-bond donors (Lipinski definition) is 1. The molecule has 0 saturated carbocycles. The molecule has 0 radical (unpaired) electrons. The molecular formula is C13H17BrO5S. The van der Waals surface area contributed by atoms with Crippen molar-refractivity contribution in [1.82, 2.24) is 0 Å². The van der Waals surface area contributed by atoms with Gasteiger partial charge in [0.15, 0.2) is 0 Å². The van der Waals surface area contributed by atoms with E-state index in [2.05, 4.69) is 15.9 Å². The van der Waals surface area contributed by atoms with Gasteiger partial charge in [-0.15, -0.1) is 0 Å². The summed E-state index contributed by atoms with van der Waals surface area (Å²) in [5.41, 5.74) is 0.951. The first-order valence-electron chi connectivity index (χ1n) is 6.11. The van der Waals surface area contributed by atoms with E-state index in [0.717, 1.165) is 5.56 Å². The first kappa shape index (κ1) is 17.1. The van der Waals surface area contributed by atoms with Gasteiger partial charge in [-0.3, -0.25) is 8.98 Å². The summed E-state index contributed by atoms with van der Waals surface area (Å²) in [7, 11) is -3.82. The van der Waals surface area contributed by atoms with Crippen LogP contribution in [0.15, 0.2) is 29.2 Å². The maximum Gasteiger partial charge on any atom is 0.306 e. The van der Waals surface area contributed by atoms with Gasteiger partial charge in [-0.2, -0.15) is 8.42 Å². The minimum atomic E-state index is -3.82. The summed E-state index contributed by atoms with van der Waals surface area (Å²) in [6, 6.07) is 6.30. The Morgan fingerprint density at radius 2 is 1.90 bits per heavy atom. The van der Waals surface area contributed by atoms with Crippen molar-refractivity contribution in [1.29, 1.82) is 0 Å². The highest BCUT2D eigenvalue weighted by atomic mass is 79.9. The van der Waals surface area contributed by atoms with Crippen LogP contribution < -0.4 is 0 Å². The average Bonchev–Trinajstić information content (AvgIpc) is 2.38. The molecule has 0 fully saturated rings. The van der Waals surface area contributed by atoms with E-state index in [9.17, 15) is 13.2 Å². The number of aliphatic carboxylic acids is 1. The van der Waals surface area contributed by atoms with Crippen LogP contribution in [0.2, 0.25) is 0 Å². The van der Waals surface area contributed by atoms with Crippen molar-refractivity contribution in [2.45, 2.75) is 24.7 Å². The fourth-order valence-electron chi connectivity index (χ4n) is 1.60. The summed E-state index contributed by atoms with van der Waals surface area (Å²) in [6.45, 7) is 1.72. The number of aryl methyl sites for hydroxylation is 1. The smallest absolute Gasteiger partial charge is 0.306 e. The molecule has 1 unspecified atom stereocenters.